The highest BCUT2D eigenvalue weighted by atomic mass is 19.1. The molecule has 1 atom stereocenters. The van der Waals surface area contributed by atoms with Crippen LogP contribution in [0.3, 0.4) is 0 Å². The van der Waals surface area contributed by atoms with Crippen molar-refractivity contribution in [2.75, 3.05) is 13.7 Å². The van der Waals surface area contributed by atoms with E-state index in [0.29, 0.717) is 18.5 Å². The van der Waals surface area contributed by atoms with Crippen LogP contribution in [-0.2, 0) is 20.7 Å². The fraction of sp³-hybridized carbons (Fsp3) is 0.238. The second-order valence-electron chi connectivity index (χ2n) is 5.97. The predicted octanol–water partition coefficient (Wildman–Crippen LogP) is 3.28. The molecule has 0 aliphatic carbocycles. The third-order valence-electron chi connectivity index (χ3n) is 3.88. The van der Waals surface area contributed by atoms with Crippen LogP contribution in [-0.4, -0.2) is 31.6 Å². The van der Waals surface area contributed by atoms with Crippen molar-refractivity contribution >= 4 is 18.0 Å². The van der Waals surface area contributed by atoms with Gasteiger partial charge in [0.05, 0.1) is 7.11 Å². The van der Waals surface area contributed by atoms with Crippen molar-refractivity contribution < 1.29 is 27.8 Å². The summed E-state index contributed by atoms with van der Waals surface area (Å²) in [6.07, 6.45) is 2.03. The first kappa shape index (κ1) is 21.1. The maximum atomic E-state index is 13.6. The van der Waals surface area contributed by atoms with E-state index in [1.54, 1.807) is 18.2 Å². The van der Waals surface area contributed by atoms with Gasteiger partial charge in [0.15, 0.2) is 17.7 Å². The lowest BCUT2D eigenvalue weighted by atomic mass is 10.1. The van der Waals surface area contributed by atoms with Crippen LogP contribution in [0.2, 0.25) is 0 Å². The molecular weight excluding hydrogens is 368 g/mol. The highest BCUT2D eigenvalue weighted by molar-refractivity contribution is 5.90. The minimum atomic E-state index is -0.988. The second-order valence-corrected chi connectivity index (χ2v) is 5.97. The van der Waals surface area contributed by atoms with Crippen molar-refractivity contribution in [3.8, 4) is 5.75 Å². The minimum Gasteiger partial charge on any atom is -0.494 e. The zero-order chi connectivity index (χ0) is 20.5. The average Bonchev–Trinajstić information content (AvgIpc) is 2.68. The van der Waals surface area contributed by atoms with Crippen molar-refractivity contribution in [1.29, 1.82) is 0 Å². The summed E-state index contributed by atoms with van der Waals surface area (Å²) in [6, 6.07) is 10.2. The zero-order valence-electron chi connectivity index (χ0n) is 15.6. The van der Waals surface area contributed by atoms with Crippen molar-refractivity contribution in [1.82, 2.24) is 5.32 Å². The van der Waals surface area contributed by atoms with Gasteiger partial charge in [0, 0.05) is 12.6 Å². The molecule has 2 aromatic carbocycles. The molecule has 0 aliphatic rings. The van der Waals surface area contributed by atoms with Gasteiger partial charge in [-0.2, -0.15) is 0 Å². The van der Waals surface area contributed by atoms with E-state index in [2.05, 4.69) is 5.32 Å². The van der Waals surface area contributed by atoms with Gasteiger partial charge >= 0.3 is 5.97 Å². The molecule has 28 heavy (non-hydrogen) atoms. The molecule has 5 nitrogen and oxygen atoms in total. The van der Waals surface area contributed by atoms with Gasteiger partial charge < -0.3 is 14.8 Å². The van der Waals surface area contributed by atoms with Crippen LogP contribution in [0.25, 0.3) is 6.08 Å². The molecule has 2 aromatic rings. The first-order valence-electron chi connectivity index (χ1n) is 8.63. The molecule has 1 amide bonds. The Balaban J connectivity index is 1.78. The summed E-state index contributed by atoms with van der Waals surface area (Å²) in [6.45, 7) is 1.78. The van der Waals surface area contributed by atoms with Crippen LogP contribution in [0.15, 0.2) is 48.5 Å². The van der Waals surface area contributed by atoms with E-state index < -0.39 is 23.8 Å². The number of ether oxygens (including phenoxy) is 2. The van der Waals surface area contributed by atoms with Crippen LogP contribution in [0.1, 0.15) is 18.1 Å². The lowest BCUT2D eigenvalue weighted by Gasteiger charge is -2.12. The molecule has 7 heteroatoms. The van der Waals surface area contributed by atoms with E-state index in [9.17, 15) is 18.4 Å². The van der Waals surface area contributed by atoms with E-state index >= 15 is 0 Å². The van der Waals surface area contributed by atoms with Crippen molar-refractivity contribution in [2.24, 2.45) is 0 Å². The summed E-state index contributed by atoms with van der Waals surface area (Å²) in [5.41, 5.74) is 1.33. The highest BCUT2D eigenvalue weighted by Crippen LogP contribution is 2.18. The van der Waals surface area contributed by atoms with E-state index in [1.165, 1.54) is 44.4 Å². The summed E-state index contributed by atoms with van der Waals surface area (Å²) in [5.74, 6) is -1.94. The van der Waals surface area contributed by atoms with Crippen molar-refractivity contribution in [3.63, 3.8) is 0 Å². The topological polar surface area (TPSA) is 64.6 Å². The molecule has 1 N–H and O–H groups in total. The Kier molecular flexibility index (Phi) is 7.68. The Morgan fingerprint density at radius 2 is 1.86 bits per heavy atom. The molecular formula is C21H21F2NO4. The maximum absolute atomic E-state index is 13.6. The monoisotopic (exact) mass is 389 g/mol. The fourth-order valence-electron chi connectivity index (χ4n) is 2.34. The molecule has 0 spiro atoms. The smallest absolute Gasteiger partial charge is 0.331 e. The number of amides is 1. The third kappa shape index (κ3) is 6.50. The largest absolute Gasteiger partial charge is 0.494 e. The number of nitrogens with one attached hydrogen (secondary N) is 1. The normalized spacial score (nSPS) is 11.9. The van der Waals surface area contributed by atoms with Crippen molar-refractivity contribution in [2.45, 2.75) is 19.4 Å². The van der Waals surface area contributed by atoms with E-state index in [-0.39, 0.29) is 11.6 Å². The molecule has 0 fully saturated rings. The van der Waals surface area contributed by atoms with Crippen molar-refractivity contribution in [3.05, 3.63) is 71.3 Å². The average molecular weight is 389 g/mol. The molecule has 0 heterocycles. The Morgan fingerprint density at radius 3 is 2.50 bits per heavy atom. The Labute approximate surface area is 162 Å². The lowest BCUT2D eigenvalue weighted by molar-refractivity contribution is -0.150. The van der Waals surface area contributed by atoms with E-state index in [4.69, 9.17) is 9.47 Å². The number of halogens is 2. The number of hydrogen-bond acceptors (Lipinski definition) is 4. The number of methoxy groups -OCH3 is 1. The standard InChI is InChI=1S/C21H21F2NO4/c1-14(21(26)24-12-11-15-3-7-17(22)8-4-15)28-20(25)10-6-16-5-9-19(27-2)18(23)13-16/h3-10,13-14H,11-12H2,1-2H3,(H,24,26)/b10-6+/t14-/m1/s1. The van der Waals surface area contributed by atoms with Gasteiger partial charge in [-0.05, 0) is 54.8 Å². The predicted molar refractivity (Wildman–Crippen MR) is 101 cm³/mol. The molecule has 2 rings (SSSR count). The number of rotatable bonds is 8. The number of carbonyl (C=O) groups excluding carboxylic acids is 2. The quantitative estimate of drug-likeness (QED) is 0.556. The SMILES string of the molecule is COc1ccc(/C=C/C(=O)O[C@H](C)C(=O)NCCc2ccc(F)cc2)cc1F. The molecule has 0 saturated heterocycles. The fourth-order valence-corrected chi connectivity index (χ4v) is 2.34. The molecule has 0 radical (unpaired) electrons. The number of carbonyl (C=O) groups is 2. The Bertz CT molecular complexity index is 850. The van der Waals surface area contributed by atoms with Crippen LogP contribution in [0.4, 0.5) is 8.78 Å². The van der Waals surface area contributed by atoms with Crippen LogP contribution in [0, 0.1) is 11.6 Å². The summed E-state index contributed by atoms with van der Waals surface area (Å²) in [7, 11) is 1.36. The molecule has 0 unspecified atom stereocenters. The first-order valence-corrected chi connectivity index (χ1v) is 8.63. The van der Waals surface area contributed by atoms with Gasteiger partial charge in [-0.1, -0.05) is 18.2 Å². The van der Waals surface area contributed by atoms with Crippen LogP contribution >= 0.6 is 0 Å². The first-order chi connectivity index (χ1) is 13.4. The number of hydrogen-bond donors (Lipinski definition) is 1. The summed E-state index contributed by atoms with van der Waals surface area (Å²) in [4.78, 5) is 23.8. The van der Waals surface area contributed by atoms with E-state index in [0.717, 1.165) is 11.6 Å². The van der Waals surface area contributed by atoms with E-state index in [1.807, 2.05) is 0 Å². The molecule has 0 aliphatic heterocycles. The number of esters is 1. The van der Waals surface area contributed by atoms with Crippen LogP contribution < -0.4 is 10.1 Å². The molecule has 0 aromatic heterocycles. The minimum absolute atomic E-state index is 0.102. The zero-order valence-corrected chi connectivity index (χ0v) is 15.6. The van der Waals surface area contributed by atoms with Gasteiger partial charge in [0.2, 0.25) is 0 Å². The van der Waals surface area contributed by atoms with Gasteiger partial charge in [-0.3, -0.25) is 4.79 Å². The Morgan fingerprint density at radius 1 is 1.14 bits per heavy atom. The molecule has 148 valence electrons. The van der Waals surface area contributed by atoms with Gasteiger partial charge in [0.25, 0.3) is 5.91 Å². The van der Waals surface area contributed by atoms with Gasteiger partial charge in [0.1, 0.15) is 5.82 Å². The summed E-state index contributed by atoms with van der Waals surface area (Å²) < 4.78 is 36.3. The third-order valence-corrected chi connectivity index (χ3v) is 3.88. The molecule has 0 bridgehead atoms. The van der Waals surface area contributed by atoms with Crippen LogP contribution in [0.5, 0.6) is 5.75 Å². The van der Waals surface area contributed by atoms with Gasteiger partial charge in [-0.15, -0.1) is 0 Å². The van der Waals surface area contributed by atoms with Gasteiger partial charge in [-0.25, -0.2) is 13.6 Å². The molecule has 0 saturated carbocycles. The summed E-state index contributed by atoms with van der Waals surface area (Å²) >= 11 is 0. The summed E-state index contributed by atoms with van der Waals surface area (Å²) in [5, 5.41) is 2.65. The second kappa shape index (κ2) is 10.2. The maximum Gasteiger partial charge on any atom is 0.331 e. The Hall–Kier alpha value is -3.22. The number of benzene rings is 2. The lowest BCUT2D eigenvalue weighted by Crippen LogP contribution is -2.36. The highest BCUT2D eigenvalue weighted by Gasteiger charge is 2.16.